The highest BCUT2D eigenvalue weighted by Gasteiger charge is 2.19. The average Bonchev–Trinajstić information content (AvgIpc) is 3.10. The van der Waals surface area contributed by atoms with Gasteiger partial charge in [0.1, 0.15) is 11.4 Å². The number of hydrogen-bond donors (Lipinski definition) is 2. The minimum Gasteiger partial charge on any atom is -0.367 e. The topological polar surface area (TPSA) is 128 Å². The lowest BCUT2D eigenvalue weighted by molar-refractivity contribution is -0.385. The van der Waals surface area contributed by atoms with Crippen LogP contribution in [0.1, 0.15) is 24.2 Å². The molecule has 0 aliphatic heterocycles. The predicted molar refractivity (Wildman–Crippen MR) is 111 cm³/mol. The third kappa shape index (κ3) is 4.62. The van der Waals surface area contributed by atoms with Gasteiger partial charge in [-0.05, 0) is 26.2 Å². The molecule has 11 heteroatoms. The van der Waals surface area contributed by atoms with E-state index in [1.165, 1.54) is 30.0 Å². The fourth-order valence-electron chi connectivity index (χ4n) is 2.77. The fraction of sp³-hybridized carbons (Fsp3) is 0.333. The molecule has 2 N–H and O–H groups in total. The van der Waals surface area contributed by atoms with E-state index < -0.39 is 10.8 Å². The number of benzene rings is 1. The first-order valence-corrected chi connectivity index (χ1v) is 10.2. The van der Waals surface area contributed by atoms with Crippen molar-refractivity contribution in [3.63, 3.8) is 0 Å². The van der Waals surface area contributed by atoms with E-state index in [2.05, 4.69) is 25.7 Å². The van der Waals surface area contributed by atoms with E-state index in [1.807, 2.05) is 20.1 Å². The number of nitrogens with zero attached hydrogens (tertiary/aromatic N) is 5. The van der Waals surface area contributed by atoms with Crippen molar-refractivity contribution in [1.29, 1.82) is 0 Å². The molecule has 0 aliphatic carbocycles. The molecule has 0 saturated heterocycles. The number of rotatable bonds is 8. The number of fused-ring (bicyclic) bond motifs is 1. The number of amides is 1. The normalized spacial score (nSPS) is 11.0. The summed E-state index contributed by atoms with van der Waals surface area (Å²) in [6.07, 6.45) is 3.59. The highest BCUT2D eigenvalue weighted by Crippen LogP contribution is 2.24. The minimum absolute atomic E-state index is 0.0261. The van der Waals surface area contributed by atoms with Crippen molar-refractivity contribution in [3.05, 3.63) is 46.1 Å². The molecule has 10 nitrogen and oxygen atoms in total. The van der Waals surface area contributed by atoms with Crippen LogP contribution in [0.15, 0.2) is 35.6 Å². The summed E-state index contributed by atoms with van der Waals surface area (Å²) in [6, 6.07) is 6.05. The number of nitrogens with one attached hydrogen (secondary N) is 2. The van der Waals surface area contributed by atoms with Crippen molar-refractivity contribution < 1.29 is 9.72 Å². The first kappa shape index (κ1) is 20.5. The molecule has 0 unspecified atom stereocenters. The van der Waals surface area contributed by atoms with Crippen molar-refractivity contribution in [2.24, 2.45) is 0 Å². The number of thioether (sulfide) groups is 1. The Morgan fingerprint density at radius 2 is 2.07 bits per heavy atom. The largest absolute Gasteiger partial charge is 0.367 e. The lowest BCUT2D eigenvalue weighted by Gasteiger charge is -2.11. The molecule has 3 rings (SSSR count). The fourth-order valence-corrected chi connectivity index (χ4v) is 3.13. The smallest absolute Gasteiger partial charge is 0.282 e. The number of aromatic nitrogens is 4. The van der Waals surface area contributed by atoms with Gasteiger partial charge in [0, 0.05) is 18.7 Å². The quantitative estimate of drug-likeness (QED) is 0.249. The van der Waals surface area contributed by atoms with Crippen molar-refractivity contribution in [2.75, 3.05) is 18.1 Å². The van der Waals surface area contributed by atoms with Gasteiger partial charge < -0.3 is 10.6 Å². The number of para-hydroxylation sites is 1. The summed E-state index contributed by atoms with van der Waals surface area (Å²) in [7, 11) is 0. The maximum Gasteiger partial charge on any atom is 0.282 e. The van der Waals surface area contributed by atoms with Crippen molar-refractivity contribution in [1.82, 2.24) is 25.1 Å². The Kier molecular flexibility index (Phi) is 6.27. The summed E-state index contributed by atoms with van der Waals surface area (Å²) in [5.41, 5.74) is 0.460. The average molecular weight is 415 g/mol. The second kappa shape index (κ2) is 8.86. The first-order chi connectivity index (χ1) is 13.9. The van der Waals surface area contributed by atoms with Crippen LogP contribution in [-0.2, 0) is 6.54 Å². The summed E-state index contributed by atoms with van der Waals surface area (Å²) in [5, 5.41) is 22.9. The van der Waals surface area contributed by atoms with Gasteiger partial charge >= 0.3 is 0 Å². The van der Waals surface area contributed by atoms with Gasteiger partial charge in [-0.2, -0.15) is 5.10 Å². The molecule has 0 saturated carbocycles. The van der Waals surface area contributed by atoms with Gasteiger partial charge in [-0.1, -0.05) is 23.9 Å². The van der Waals surface area contributed by atoms with Crippen LogP contribution in [0.4, 0.5) is 11.5 Å². The number of nitro groups is 1. The first-order valence-electron chi connectivity index (χ1n) is 8.96. The van der Waals surface area contributed by atoms with Gasteiger partial charge in [0.15, 0.2) is 10.8 Å². The van der Waals surface area contributed by atoms with Gasteiger partial charge in [-0.3, -0.25) is 14.9 Å². The van der Waals surface area contributed by atoms with Gasteiger partial charge in [0.2, 0.25) is 0 Å². The van der Waals surface area contributed by atoms with Crippen LogP contribution in [0.5, 0.6) is 0 Å². The van der Waals surface area contributed by atoms with Crippen molar-refractivity contribution >= 4 is 40.2 Å². The Bertz CT molecular complexity index is 1050. The van der Waals surface area contributed by atoms with E-state index >= 15 is 0 Å². The molecule has 0 aliphatic rings. The zero-order chi connectivity index (χ0) is 21.0. The van der Waals surface area contributed by atoms with E-state index in [9.17, 15) is 14.9 Å². The van der Waals surface area contributed by atoms with E-state index in [1.54, 1.807) is 16.9 Å². The maximum absolute atomic E-state index is 12.4. The molecule has 1 aromatic carbocycles. The summed E-state index contributed by atoms with van der Waals surface area (Å²) >= 11 is 1.43. The molecule has 0 atom stereocenters. The maximum atomic E-state index is 12.4. The minimum atomic E-state index is -0.569. The van der Waals surface area contributed by atoms with Crippen LogP contribution in [0, 0.1) is 10.1 Å². The SMILES string of the molecule is CSc1nc(NC(C)C)c2cnn(CCNC(=O)c3ccccc3[N+](=O)[O-])c2n1. The van der Waals surface area contributed by atoms with Gasteiger partial charge in [-0.15, -0.1) is 0 Å². The van der Waals surface area contributed by atoms with E-state index in [0.717, 1.165) is 5.39 Å². The lowest BCUT2D eigenvalue weighted by Crippen LogP contribution is -2.28. The molecule has 3 aromatic rings. The molecule has 2 heterocycles. The van der Waals surface area contributed by atoms with Crippen LogP contribution in [0.3, 0.4) is 0 Å². The monoisotopic (exact) mass is 415 g/mol. The number of hydrogen-bond acceptors (Lipinski definition) is 8. The number of carbonyl (C=O) groups excluding carboxylic acids is 1. The molecular formula is C18H21N7O3S. The molecule has 0 spiro atoms. The highest BCUT2D eigenvalue weighted by atomic mass is 32.2. The zero-order valence-electron chi connectivity index (χ0n) is 16.2. The summed E-state index contributed by atoms with van der Waals surface area (Å²) in [4.78, 5) is 31.9. The molecule has 29 heavy (non-hydrogen) atoms. The summed E-state index contributed by atoms with van der Waals surface area (Å²) in [5.74, 6) is 0.208. The Labute approximate surface area is 171 Å². The molecule has 1 amide bonds. The van der Waals surface area contributed by atoms with Crippen molar-refractivity contribution in [2.45, 2.75) is 31.6 Å². The van der Waals surface area contributed by atoms with E-state index in [0.29, 0.717) is 23.2 Å². The third-order valence-electron chi connectivity index (χ3n) is 4.04. The summed E-state index contributed by atoms with van der Waals surface area (Å²) < 4.78 is 1.68. The molecule has 0 radical (unpaired) electrons. The molecular weight excluding hydrogens is 394 g/mol. The standard InChI is InChI=1S/C18H21N7O3S/c1-11(2)21-15-13-10-20-24(16(13)23-18(22-15)29-3)9-8-19-17(26)12-6-4-5-7-14(12)25(27)28/h4-7,10-11H,8-9H2,1-3H3,(H,19,26)(H,21,22,23). The van der Waals surface area contributed by atoms with Crippen LogP contribution in [-0.4, -0.2) is 49.4 Å². The Morgan fingerprint density at radius 3 is 2.76 bits per heavy atom. The zero-order valence-corrected chi connectivity index (χ0v) is 17.1. The predicted octanol–water partition coefficient (Wildman–Crippen LogP) is 2.71. The van der Waals surface area contributed by atoms with E-state index in [4.69, 9.17) is 0 Å². The van der Waals surface area contributed by atoms with Crippen molar-refractivity contribution in [3.8, 4) is 0 Å². The van der Waals surface area contributed by atoms with Gasteiger partial charge in [0.25, 0.3) is 11.6 Å². The number of carbonyl (C=O) groups is 1. The molecule has 0 fully saturated rings. The molecule has 152 valence electrons. The second-order valence-electron chi connectivity index (χ2n) is 6.49. The Hall–Kier alpha value is -3.21. The van der Waals surface area contributed by atoms with Gasteiger partial charge in [0.05, 0.1) is 23.1 Å². The van der Waals surface area contributed by atoms with Gasteiger partial charge in [-0.25, -0.2) is 14.6 Å². The second-order valence-corrected chi connectivity index (χ2v) is 7.27. The van der Waals surface area contributed by atoms with Crippen LogP contribution < -0.4 is 10.6 Å². The lowest BCUT2D eigenvalue weighted by atomic mass is 10.1. The van der Waals surface area contributed by atoms with E-state index in [-0.39, 0.29) is 23.8 Å². The molecule has 2 aromatic heterocycles. The van der Waals surface area contributed by atoms with Crippen LogP contribution in [0.2, 0.25) is 0 Å². The number of nitro benzene ring substituents is 1. The summed E-state index contributed by atoms with van der Waals surface area (Å²) in [6.45, 7) is 4.65. The number of anilines is 1. The Morgan fingerprint density at radius 1 is 1.31 bits per heavy atom. The highest BCUT2D eigenvalue weighted by molar-refractivity contribution is 7.98. The van der Waals surface area contributed by atoms with Crippen LogP contribution >= 0.6 is 11.8 Å². The van der Waals surface area contributed by atoms with Crippen LogP contribution in [0.25, 0.3) is 11.0 Å². The Balaban J connectivity index is 1.76. The molecule has 0 bridgehead atoms. The third-order valence-corrected chi connectivity index (χ3v) is 4.59.